The van der Waals surface area contributed by atoms with Gasteiger partial charge in [0.1, 0.15) is 0 Å². The Balaban J connectivity index is 2.86. The van der Waals surface area contributed by atoms with Gasteiger partial charge in [0.05, 0.1) is 10.7 Å². The van der Waals surface area contributed by atoms with Gasteiger partial charge in [-0.15, -0.1) is 0 Å². The molecule has 0 bridgehead atoms. The zero-order valence-electron chi connectivity index (χ0n) is 9.32. The van der Waals surface area contributed by atoms with Crippen LogP contribution in [0.1, 0.15) is 25.0 Å². The van der Waals surface area contributed by atoms with E-state index in [1.807, 2.05) is 6.07 Å². The zero-order chi connectivity index (χ0) is 10.7. The summed E-state index contributed by atoms with van der Waals surface area (Å²) >= 11 is 6.16. The Morgan fingerprint density at radius 1 is 1.29 bits per heavy atom. The maximum atomic E-state index is 6.16. The van der Waals surface area contributed by atoms with E-state index < -0.39 is 0 Å². The van der Waals surface area contributed by atoms with Gasteiger partial charge in [-0.2, -0.15) is 0 Å². The molecule has 1 aromatic rings. The van der Waals surface area contributed by atoms with Crippen molar-refractivity contribution in [3.05, 3.63) is 28.3 Å². The first-order chi connectivity index (χ1) is 6.50. The molecule has 2 heteroatoms. The highest BCUT2D eigenvalue weighted by Crippen LogP contribution is 2.27. The second kappa shape index (κ2) is 4.70. The quantitative estimate of drug-likeness (QED) is 0.796. The third kappa shape index (κ3) is 2.91. The molecule has 1 rings (SSSR count). The summed E-state index contributed by atoms with van der Waals surface area (Å²) in [5, 5.41) is 4.20. The van der Waals surface area contributed by atoms with Gasteiger partial charge in [-0.3, -0.25) is 0 Å². The Hall–Kier alpha value is -0.690. The minimum absolute atomic E-state index is 0.631. The van der Waals surface area contributed by atoms with Gasteiger partial charge < -0.3 is 5.32 Å². The molecule has 0 aliphatic rings. The number of hydrogen-bond acceptors (Lipinski definition) is 1. The molecule has 0 atom stereocenters. The van der Waals surface area contributed by atoms with Crippen LogP contribution in [0.25, 0.3) is 0 Å². The molecule has 1 N–H and O–H groups in total. The van der Waals surface area contributed by atoms with Crippen LogP contribution in [0, 0.1) is 19.8 Å². The molecule has 0 unspecified atom stereocenters. The second-order valence-corrected chi connectivity index (χ2v) is 4.62. The maximum absolute atomic E-state index is 6.16. The van der Waals surface area contributed by atoms with E-state index in [1.54, 1.807) is 0 Å². The average Bonchev–Trinajstić information content (AvgIpc) is 2.01. The van der Waals surface area contributed by atoms with Crippen molar-refractivity contribution in [2.45, 2.75) is 27.7 Å². The molecule has 0 saturated carbocycles. The van der Waals surface area contributed by atoms with Crippen molar-refractivity contribution < 1.29 is 0 Å². The first-order valence-corrected chi connectivity index (χ1v) is 5.39. The summed E-state index contributed by atoms with van der Waals surface area (Å²) in [5.74, 6) is 0.631. The Bertz CT molecular complexity index is 295. The largest absolute Gasteiger partial charge is 0.383 e. The number of anilines is 1. The molecule has 14 heavy (non-hydrogen) atoms. The lowest BCUT2D eigenvalue weighted by molar-refractivity contribution is 0.688. The van der Waals surface area contributed by atoms with Crippen molar-refractivity contribution in [2.75, 3.05) is 11.9 Å². The van der Waals surface area contributed by atoms with Crippen molar-refractivity contribution in [1.82, 2.24) is 0 Å². The molecule has 0 heterocycles. The maximum Gasteiger partial charge on any atom is 0.0642 e. The zero-order valence-corrected chi connectivity index (χ0v) is 10.1. The molecule has 0 radical (unpaired) electrons. The van der Waals surface area contributed by atoms with E-state index in [9.17, 15) is 0 Å². The van der Waals surface area contributed by atoms with E-state index in [0.717, 1.165) is 17.3 Å². The van der Waals surface area contributed by atoms with Crippen LogP contribution in [-0.4, -0.2) is 6.54 Å². The summed E-state index contributed by atoms with van der Waals surface area (Å²) in [6, 6.07) is 4.14. The average molecular weight is 212 g/mol. The molecule has 0 amide bonds. The predicted octanol–water partition coefficient (Wildman–Crippen LogP) is 4.02. The molecule has 0 fully saturated rings. The summed E-state index contributed by atoms with van der Waals surface area (Å²) in [6.45, 7) is 9.48. The Morgan fingerprint density at radius 3 is 2.43 bits per heavy atom. The molecule has 0 spiro atoms. The van der Waals surface area contributed by atoms with E-state index >= 15 is 0 Å². The number of benzene rings is 1. The predicted molar refractivity (Wildman–Crippen MR) is 64.3 cm³/mol. The van der Waals surface area contributed by atoms with E-state index in [4.69, 9.17) is 11.6 Å². The summed E-state index contributed by atoms with van der Waals surface area (Å²) in [5.41, 5.74) is 3.50. The Labute approximate surface area is 91.5 Å². The summed E-state index contributed by atoms with van der Waals surface area (Å²) < 4.78 is 0. The lowest BCUT2D eigenvalue weighted by Crippen LogP contribution is -2.09. The van der Waals surface area contributed by atoms with Crippen molar-refractivity contribution >= 4 is 17.3 Å². The molecular formula is C12H18ClN. The fourth-order valence-electron chi connectivity index (χ4n) is 1.45. The molecular weight excluding hydrogens is 194 g/mol. The van der Waals surface area contributed by atoms with Gasteiger partial charge in [0.25, 0.3) is 0 Å². The van der Waals surface area contributed by atoms with Gasteiger partial charge in [0.15, 0.2) is 0 Å². The molecule has 0 aromatic heterocycles. The van der Waals surface area contributed by atoms with Crippen LogP contribution in [0.2, 0.25) is 5.02 Å². The van der Waals surface area contributed by atoms with E-state index in [2.05, 4.69) is 39.1 Å². The summed E-state index contributed by atoms with van der Waals surface area (Å²) in [4.78, 5) is 0. The monoisotopic (exact) mass is 211 g/mol. The normalized spacial score (nSPS) is 10.7. The number of aryl methyl sites for hydroxylation is 2. The molecule has 78 valence electrons. The highest BCUT2D eigenvalue weighted by atomic mass is 35.5. The van der Waals surface area contributed by atoms with Gasteiger partial charge in [0, 0.05) is 6.54 Å². The van der Waals surface area contributed by atoms with Crippen LogP contribution in [-0.2, 0) is 0 Å². The SMILES string of the molecule is Cc1cc(C)c(NCC(C)C)c(Cl)c1. The van der Waals surface area contributed by atoms with Crippen molar-refractivity contribution in [3.63, 3.8) is 0 Å². The second-order valence-electron chi connectivity index (χ2n) is 4.21. The topological polar surface area (TPSA) is 12.0 Å². The summed E-state index contributed by atoms with van der Waals surface area (Å²) in [7, 11) is 0. The van der Waals surface area contributed by atoms with Gasteiger partial charge >= 0.3 is 0 Å². The third-order valence-electron chi connectivity index (χ3n) is 2.12. The van der Waals surface area contributed by atoms with Crippen LogP contribution in [0.15, 0.2) is 12.1 Å². The highest BCUT2D eigenvalue weighted by molar-refractivity contribution is 6.33. The highest BCUT2D eigenvalue weighted by Gasteiger charge is 2.05. The van der Waals surface area contributed by atoms with Crippen LogP contribution in [0.5, 0.6) is 0 Å². The van der Waals surface area contributed by atoms with Crippen molar-refractivity contribution in [1.29, 1.82) is 0 Å². The fraction of sp³-hybridized carbons (Fsp3) is 0.500. The lowest BCUT2D eigenvalue weighted by Gasteiger charge is -2.14. The van der Waals surface area contributed by atoms with Crippen molar-refractivity contribution in [2.24, 2.45) is 5.92 Å². The van der Waals surface area contributed by atoms with Crippen LogP contribution < -0.4 is 5.32 Å². The molecule has 1 aromatic carbocycles. The van der Waals surface area contributed by atoms with E-state index in [1.165, 1.54) is 11.1 Å². The van der Waals surface area contributed by atoms with E-state index in [-0.39, 0.29) is 0 Å². The van der Waals surface area contributed by atoms with Crippen molar-refractivity contribution in [3.8, 4) is 0 Å². The number of hydrogen-bond donors (Lipinski definition) is 1. The van der Waals surface area contributed by atoms with Crippen LogP contribution >= 0.6 is 11.6 Å². The van der Waals surface area contributed by atoms with Gasteiger partial charge in [-0.25, -0.2) is 0 Å². The van der Waals surface area contributed by atoms with Crippen LogP contribution in [0.4, 0.5) is 5.69 Å². The Morgan fingerprint density at radius 2 is 1.93 bits per heavy atom. The molecule has 0 saturated heterocycles. The minimum Gasteiger partial charge on any atom is -0.383 e. The fourth-order valence-corrected chi connectivity index (χ4v) is 1.83. The van der Waals surface area contributed by atoms with Gasteiger partial charge in [0.2, 0.25) is 0 Å². The molecule has 0 aliphatic heterocycles. The standard InChI is InChI=1S/C12H18ClN/c1-8(2)7-14-12-10(4)5-9(3)6-11(12)13/h5-6,8,14H,7H2,1-4H3. The number of rotatable bonds is 3. The Kier molecular flexibility index (Phi) is 3.82. The van der Waals surface area contributed by atoms with E-state index in [0.29, 0.717) is 5.92 Å². The molecule has 1 nitrogen and oxygen atoms in total. The number of halogens is 1. The lowest BCUT2D eigenvalue weighted by atomic mass is 10.1. The van der Waals surface area contributed by atoms with Gasteiger partial charge in [-0.05, 0) is 37.0 Å². The third-order valence-corrected chi connectivity index (χ3v) is 2.42. The van der Waals surface area contributed by atoms with Gasteiger partial charge in [-0.1, -0.05) is 31.5 Å². The van der Waals surface area contributed by atoms with Crippen LogP contribution in [0.3, 0.4) is 0 Å². The first-order valence-electron chi connectivity index (χ1n) is 5.01. The summed E-state index contributed by atoms with van der Waals surface area (Å²) in [6.07, 6.45) is 0. The first kappa shape index (κ1) is 11.4. The minimum atomic E-state index is 0.631. The molecule has 0 aliphatic carbocycles. The smallest absolute Gasteiger partial charge is 0.0642 e. The number of nitrogens with one attached hydrogen (secondary N) is 1.